The molecule has 1 aliphatic heterocycles. The van der Waals surface area contributed by atoms with Gasteiger partial charge in [0.2, 0.25) is 15.9 Å². The van der Waals surface area contributed by atoms with Crippen molar-refractivity contribution in [2.75, 3.05) is 18.4 Å². The van der Waals surface area contributed by atoms with E-state index in [1.54, 1.807) is 28.9 Å². The zero-order chi connectivity index (χ0) is 22.7. The number of sulfonamides is 1. The lowest BCUT2D eigenvalue weighted by molar-refractivity contribution is -0.121. The lowest BCUT2D eigenvalue weighted by Crippen LogP contribution is -2.41. The minimum Gasteiger partial charge on any atom is -0.311 e. The van der Waals surface area contributed by atoms with E-state index >= 15 is 0 Å². The van der Waals surface area contributed by atoms with E-state index in [0.29, 0.717) is 43.2 Å². The summed E-state index contributed by atoms with van der Waals surface area (Å²) in [4.78, 5) is 13.2. The number of rotatable bonds is 6. The molecule has 1 aliphatic rings. The highest BCUT2D eigenvalue weighted by atomic mass is 32.2. The number of carbonyl (C=O) groups is 1. The smallest absolute Gasteiger partial charge is 0.243 e. The monoisotopic (exact) mass is 452 g/mol. The van der Waals surface area contributed by atoms with Crippen LogP contribution in [-0.2, 0) is 21.4 Å². The molecule has 1 N–H and O–H groups in total. The van der Waals surface area contributed by atoms with Crippen molar-refractivity contribution in [3.63, 3.8) is 0 Å². The first kappa shape index (κ1) is 22.2. The zero-order valence-corrected chi connectivity index (χ0v) is 19.2. The summed E-state index contributed by atoms with van der Waals surface area (Å²) in [6.45, 7) is 5.05. The van der Waals surface area contributed by atoms with Crippen molar-refractivity contribution < 1.29 is 13.2 Å². The van der Waals surface area contributed by atoms with Gasteiger partial charge in [-0.1, -0.05) is 48.0 Å². The van der Waals surface area contributed by atoms with E-state index in [2.05, 4.69) is 10.4 Å². The Morgan fingerprint density at radius 2 is 1.69 bits per heavy atom. The van der Waals surface area contributed by atoms with Gasteiger partial charge in [-0.3, -0.25) is 4.79 Å². The molecule has 1 amide bonds. The second-order valence-corrected chi connectivity index (χ2v) is 10.2. The number of benzene rings is 2. The summed E-state index contributed by atoms with van der Waals surface area (Å²) in [5, 5.41) is 7.51. The van der Waals surface area contributed by atoms with Crippen molar-refractivity contribution in [2.24, 2.45) is 5.92 Å². The van der Waals surface area contributed by atoms with Gasteiger partial charge in [0.25, 0.3) is 0 Å². The second kappa shape index (κ2) is 9.26. The summed E-state index contributed by atoms with van der Waals surface area (Å²) >= 11 is 0. The summed E-state index contributed by atoms with van der Waals surface area (Å²) < 4.78 is 29.1. The molecule has 168 valence electrons. The number of nitrogens with zero attached hydrogens (tertiary/aromatic N) is 3. The van der Waals surface area contributed by atoms with E-state index < -0.39 is 10.0 Å². The fourth-order valence-corrected chi connectivity index (χ4v) is 5.44. The number of piperidine rings is 1. The van der Waals surface area contributed by atoms with Crippen LogP contribution in [0.3, 0.4) is 0 Å². The summed E-state index contributed by atoms with van der Waals surface area (Å²) in [5.74, 6) is 0.331. The summed E-state index contributed by atoms with van der Waals surface area (Å²) in [7, 11) is -3.54. The van der Waals surface area contributed by atoms with Crippen LogP contribution in [0.2, 0.25) is 0 Å². The Bertz CT molecular complexity index is 1180. The molecular formula is C24H28N4O3S. The average molecular weight is 453 g/mol. The topological polar surface area (TPSA) is 84.3 Å². The fourth-order valence-electron chi connectivity index (χ4n) is 3.97. The van der Waals surface area contributed by atoms with E-state index in [9.17, 15) is 13.2 Å². The van der Waals surface area contributed by atoms with Gasteiger partial charge in [-0.05, 0) is 44.4 Å². The standard InChI is InChI=1S/C24H28N4O3S/c1-18-8-10-22(11-9-18)32(30,31)27-14-12-21(13-15-27)24(29)25-23-16-19(2)26-28(23)17-20-6-4-3-5-7-20/h3-11,16,21H,12-15,17H2,1-2H3,(H,25,29). The molecule has 32 heavy (non-hydrogen) atoms. The molecule has 0 unspecified atom stereocenters. The maximum absolute atomic E-state index is 12.9. The van der Waals surface area contributed by atoms with Gasteiger partial charge < -0.3 is 5.32 Å². The molecule has 1 aromatic heterocycles. The highest BCUT2D eigenvalue weighted by molar-refractivity contribution is 7.89. The maximum Gasteiger partial charge on any atom is 0.243 e. The molecular weight excluding hydrogens is 424 g/mol. The molecule has 8 heteroatoms. The lowest BCUT2D eigenvalue weighted by atomic mass is 9.97. The van der Waals surface area contributed by atoms with Crippen LogP contribution in [0.5, 0.6) is 0 Å². The zero-order valence-electron chi connectivity index (χ0n) is 18.4. The molecule has 0 bridgehead atoms. The SMILES string of the molecule is Cc1ccc(S(=O)(=O)N2CCC(C(=O)Nc3cc(C)nn3Cc3ccccc3)CC2)cc1. The van der Waals surface area contributed by atoms with Gasteiger partial charge in [0.05, 0.1) is 17.1 Å². The number of aryl methyl sites for hydroxylation is 2. The first-order chi connectivity index (χ1) is 15.3. The van der Waals surface area contributed by atoms with Gasteiger partial charge in [0, 0.05) is 25.1 Å². The lowest BCUT2D eigenvalue weighted by Gasteiger charge is -2.30. The maximum atomic E-state index is 12.9. The number of aromatic nitrogens is 2. The van der Waals surface area contributed by atoms with Crippen molar-refractivity contribution in [3.05, 3.63) is 77.5 Å². The number of carbonyl (C=O) groups excluding carboxylic acids is 1. The molecule has 0 spiro atoms. The molecule has 0 atom stereocenters. The van der Waals surface area contributed by atoms with Crippen molar-refractivity contribution in [1.82, 2.24) is 14.1 Å². The van der Waals surface area contributed by atoms with Gasteiger partial charge in [0.15, 0.2) is 0 Å². The first-order valence-electron chi connectivity index (χ1n) is 10.8. The Labute approximate surface area is 189 Å². The van der Waals surface area contributed by atoms with Gasteiger partial charge >= 0.3 is 0 Å². The predicted molar refractivity (Wildman–Crippen MR) is 124 cm³/mol. The van der Waals surface area contributed by atoms with Crippen LogP contribution >= 0.6 is 0 Å². The van der Waals surface area contributed by atoms with Crippen molar-refractivity contribution in [1.29, 1.82) is 0 Å². The highest BCUT2D eigenvalue weighted by Gasteiger charge is 2.32. The Hall–Kier alpha value is -2.97. The van der Waals surface area contributed by atoms with Crippen molar-refractivity contribution >= 4 is 21.7 Å². The molecule has 2 aromatic carbocycles. The fraction of sp³-hybridized carbons (Fsp3) is 0.333. The Kier molecular flexibility index (Phi) is 6.43. The molecule has 1 fully saturated rings. The third-order valence-electron chi connectivity index (χ3n) is 5.81. The minimum absolute atomic E-state index is 0.0911. The molecule has 4 rings (SSSR count). The van der Waals surface area contributed by atoms with Gasteiger partial charge in [-0.25, -0.2) is 13.1 Å². The Balaban J connectivity index is 1.39. The third kappa shape index (κ3) is 4.92. The molecule has 3 aromatic rings. The predicted octanol–water partition coefficient (Wildman–Crippen LogP) is 3.59. The number of hydrogen-bond acceptors (Lipinski definition) is 4. The van der Waals surface area contributed by atoms with Crippen LogP contribution in [0.15, 0.2) is 65.6 Å². The number of amides is 1. The van der Waals surface area contributed by atoms with E-state index in [0.717, 1.165) is 16.8 Å². The van der Waals surface area contributed by atoms with Gasteiger partial charge in [-0.15, -0.1) is 0 Å². The Morgan fingerprint density at radius 1 is 1.03 bits per heavy atom. The molecule has 1 saturated heterocycles. The number of nitrogens with one attached hydrogen (secondary N) is 1. The van der Waals surface area contributed by atoms with E-state index in [1.807, 2.05) is 50.2 Å². The summed E-state index contributed by atoms with van der Waals surface area (Å²) in [6, 6.07) is 18.7. The molecule has 7 nitrogen and oxygen atoms in total. The van der Waals surface area contributed by atoms with Crippen LogP contribution in [0, 0.1) is 19.8 Å². The molecule has 0 radical (unpaired) electrons. The van der Waals surface area contributed by atoms with Crippen LogP contribution in [-0.4, -0.2) is 41.5 Å². The highest BCUT2D eigenvalue weighted by Crippen LogP contribution is 2.25. The van der Waals surface area contributed by atoms with Crippen molar-refractivity contribution in [2.45, 2.75) is 38.1 Å². The number of hydrogen-bond donors (Lipinski definition) is 1. The quantitative estimate of drug-likeness (QED) is 0.620. The second-order valence-electron chi connectivity index (χ2n) is 8.29. The number of anilines is 1. The van der Waals surface area contributed by atoms with Crippen LogP contribution in [0.1, 0.15) is 29.7 Å². The van der Waals surface area contributed by atoms with Crippen LogP contribution in [0.25, 0.3) is 0 Å². The average Bonchev–Trinajstić information content (AvgIpc) is 3.13. The van der Waals surface area contributed by atoms with E-state index in [1.165, 1.54) is 4.31 Å². The minimum atomic E-state index is -3.54. The van der Waals surface area contributed by atoms with Gasteiger partial charge in [-0.2, -0.15) is 9.40 Å². The molecule has 0 aliphatic carbocycles. The third-order valence-corrected chi connectivity index (χ3v) is 7.72. The largest absolute Gasteiger partial charge is 0.311 e. The summed E-state index contributed by atoms with van der Waals surface area (Å²) in [5.41, 5.74) is 2.94. The molecule has 2 heterocycles. The van der Waals surface area contributed by atoms with E-state index in [4.69, 9.17) is 0 Å². The normalized spacial score (nSPS) is 15.6. The van der Waals surface area contributed by atoms with Crippen LogP contribution < -0.4 is 5.32 Å². The summed E-state index contributed by atoms with van der Waals surface area (Å²) in [6.07, 6.45) is 0.978. The van der Waals surface area contributed by atoms with E-state index in [-0.39, 0.29) is 11.8 Å². The van der Waals surface area contributed by atoms with Crippen molar-refractivity contribution in [3.8, 4) is 0 Å². The van der Waals surface area contributed by atoms with Crippen LogP contribution in [0.4, 0.5) is 5.82 Å². The van der Waals surface area contributed by atoms with Gasteiger partial charge in [0.1, 0.15) is 5.82 Å². The first-order valence-corrected chi connectivity index (χ1v) is 12.2. The Morgan fingerprint density at radius 3 is 2.34 bits per heavy atom. The molecule has 0 saturated carbocycles.